The molecular weight excluding hydrogens is 334 g/mol. The van der Waals surface area contributed by atoms with E-state index < -0.39 is 0 Å². The molecule has 3 heterocycles. The highest BCUT2D eigenvalue weighted by Gasteiger charge is 2.21. The first-order valence-electron chi connectivity index (χ1n) is 7.23. The molecule has 3 aromatic rings. The van der Waals surface area contributed by atoms with Crippen LogP contribution in [0.2, 0.25) is 0 Å². The van der Waals surface area contributed by atoms with E-state index in [4.69, 9.17) is 4.42 Å². The van der Waals surface area contributed by atoms with E-state index in [-0.39, 0.29) is 0 Å². The van der Waals surface area contributed by atoms with Gasteiger partial charge in [-0.25, -0.2) is 4.98 Å². The topological polar surface area (TPSA) is 51.8 Å². The highest BCUT2D eigenvalue weighted by Crippen LogP contribution is 2.37. The van der Waals surface area contributed by atoms with Gasteiger partial charge in [0.25, 0.3) is 11.1 Å². The number of nitrogens with zero attached hydrogens (tertiary/aromatic N) is 3. The Kier molecular flexibility index (Phi) is 4.02. The van der Waals surface area contributed by atoms with Crippen molar-refractivity contribution >= 4 is 34.4 Å². The monoisotopic (exact) mass is 349 g/mol. The second-order valence-corrected chi connectivity index (χ2v) is 8.33. The zero-order chi connectivity index (χ0) is 14.9. The first-order chi connectivity index (χ1) is 10.8. The molecule has 0 saturated heterocycles. The van der Waals surface area contributed by atoms with Crippen LogP contribution in [-0.2, 0) is 18.6 Å². The zero-order valence-corrected chi connectivity index (χ0v) is 14.6. The van der Waals surface area contributed by atoms with E-state index in [1.807, 2.05) is 10.9 Å². The van der Waals surface area contributed by atoms with E-state index >= 15 is 0 Å². The number of aryl methyl sites for hydroxylation is 1. The summed E-state index contributed by atoms with van der Waals surface area (Å²) >= 11 is 4.94. The van der Waals surface area contributed by atoms with Gasteiger partial charge < -0.3 is 4.42 Å². The summed E-state index contributed by atoms with van der Waals surface area (Å²) < 4.78 is 5.80. The largest absolute Gasteiger partial charge is 0.410 e. The van der Waals surface area contributed by atoms with Gasteiger partial charge in [-0.2, -0.15) is 0 Å². The third-order valence-corrected chi connectivity index (χ3v) is 6.49. The van der Waals surface area contributed by atoms with E-state index in [0.29, 0.717) is 11.1 Å². The number of fused-ring (bicyclic) bond motifs is 1. The molecule has 0 radical (unpaired) electrons. The van der Waals surface area contributed by atoms with E-state index in [1.54, 1.807) is 22.7 Å². The molecule has 0 spiro atoms. The fraction of sp³-hybridized carbons (Fsp3) is 0.400. The molecule has 22 heavy (non-hydrogen) atoms. The summed E-state index contributed by atoms with van der Waals surface area (Å²) in [6.07, 6.45) is 3.64. The van der Waals surface area contributed by atoms with Crippen LogP contribution in [0.5, 0.6) is 0 Å². The van der Waals surface area contributed by atoms with Gasteiger partial charge in [0.15, 0.2) is 0 Å². The van der Waals surface area contributed by atoms with Crippen LogP contribution >= 0.6 is 34.4 Å². The van der Waals surface area contributed by atoms with Crippen LogP contribution < -0.4 is 0 Å². The molecule has 0 amide bonds. The van der Waals surface area contributed by atoms with Crippen molar-refractivity contribution in [1.29, 1.82) is 0 Å². The number of hydrogen-bond acceptors (Lipinski definition) is 7. The highest BCUT2D eigenvalue weighted by atomic mass is 32.2. The molecule has 4 rings (SSSR count). The maximum Gasteiger partial charge on any atom is 0.277 e. The highest BCUT2D eigenvalue weighted by molar-refractivity contribution is 7.98. The maximum absolute atomic E-state index is 5.80. The van der Waals surface area contributed by atoms with Crippen LogP contribution in [-0.4, -0.2) is 15.2 Å². The van der Waals surface area contributed by atoms with E-state index in [9.17, 15) is 0 Å². The average Bonchev–Trinajstić information content (AvgIpc) is 3.24. The first-order valence-corrected chi connectivity index (χ1v) is 9.98. The van der Waals surface area contributed by atoms with Crippen molar-refractivity contribution < 1.29 is 4.42 Å². The Labute approximate surface area is 141 Å². The molecule has 0 unspecified atom stereocenters. The Hall–Kier alpha value is -1.18. The first kappa shape index (κ1) is 14.4. The average molecular weight is 350 g/mol. The van der Waals surface area contributed by atoms with Crippen LogP contribution in [0.25, 0.3) is 10.8 Å². The smallest absolute Gasteiger partial charge is 0.277 e. The summed E-state index contributed by atoms with van der Waals surface area (Å²) in [4.78, 5) is 6.85. The second-order valence-electron chi connectivity index (χ2n) is 5.55. The molecule has 0 aromatic carbocycles. The molecule has 0 aliphatic heterocycles. The van der Waals surface area contributed by atoms with Gasteiger partial charge in [-0.05, 0) is 36.8 Å². The second kappa shape index (κ2) is 6.14. The van der Waals surface area contributed by atoms with Gasteiger partial charge in [-0.1, -0.05) is 18.7 Å². The van der Waals surface area contributed by atoms with Crippen molar-refractivity contribution in [2.75, 3.05) is 0 Å². The Morgan fingerprint density at radius 3 is 3.23 bits per heavy atom. The number of rotatable bonds is 4. The third kappa shape index (κ3) is 2.98. The van der Waals surface area contributed by atoms with Crippen LogP contribution in [0.4, 0.5) is 0 Å². The molecular formula is C15H15N3OS3. The Morgan fingerprint density at radius 1 is 1.41 bits per heavy atom. The number of thiazole rings is 1. The predicted molar refractivity (Wildman–Crippen MR) is 90.5 cm³/mol. The number of aromatic nitrogens is 3. The lowest BCUT2D eigenvalue weighted by Crippen LogP contribution is -2.07. The molecule has 1 atom stereocenters. The SMILES string of the molecule is C[C@@H]1CCc2sc(-c3nnc(SCc4cscn4)o3)cc2C1. The van der Waals surface area contributed by atoms with Crippen LogP contribution in [0, 0.1) is 5.92 Å². The quantitative estimate of drug-likeness (QED) is 0.641. The molecule has 114 valence electrons. The summed E-state index contributed by atoms with van der Waals surface area (Å²) in [6.45, 7) is 2.32. The molecule has 0 bridgehead atoms. The molecule has 0 N–H and O–H groups in total. The van der Waals surface area contributed by atoms with Gasteiger partial charge in [-0.15, -0.1) is 32.9 Å². The van der Waals surface area contributed by atoms with Crippen LogP contribution in [0.3, 0.4) is 0 Å². The number of hydrogen-bond donors (Lipinski definition) is 0. The Bertz CT molecular complexity index is 763. The molecule has 0 saturated carbocycles. The number of thioether (sulfide) groups is 1. The normalized spacial score (nSPS) is 17.6. The minimum Gasteiger partial charge on any atom is -0.410 e. The van der Waals surface area contributed by atoms with Crippen LogP contribution in [0.15, 0.2) is 26.6 Å². The summed E-state index contributed by atoms with van der Waals surface area (Å²) in [5.74, 6) is 2.19. The summed E-state index contributed by atoms with van der Waals surface area (Å²) in [6, 6.07) is 2.23. The maximum atomic E-state index is 5.80. The van der Waals surface area contributed by atoms with E-state index in [2.05, 4.69) is 28.2 Å². The van der Waals surface area contributed by atoms with E-state index in [0.717, 1.165) is 22.2 Å². The Morgan fingerprint density at radius 2 is 2.36 bits per heavy atom. The predicted octanol–water partition coefficient (Wildman–Crippen LogP) is 4.67. The fourth-order valence-electron chi connectivity index (χ4n) is 2.62. The van der Waals surface area contributed by atoms with Crippen molar-refractivity contribution in [3.63, 3.8) is 0 Å². The lowest BCUT2D eigenvalue weighted by molar-refractivity contribution is 0.466. The van der Waals surface area contributed by atoms with Crippen molar-refractivity contribution in [2.45, 2.75) is 37.2 Å². The van der Waals surface area contributed by atoms with Crippen molar-refractivity contribution in [3.05, 3.63) is 33.1 Å². The van der Waals surface area contributed by atoms with Gasteiger partial charge in [0.2, 0.25) is 0 Å². The Balaban J connectivity index is 1.49. The summed E-state index contributed by atoms with van der Waals surface area (Å²) in [7, 11) is 0. The molecule has 1 aliphatic rings. The zero-order valence-electron chi connectivity index (χ0n) is 12.1. The lowest BCUT2D eigenvalue weighted by Gasteiger charge is -2.16. The molecule has 0 fully saturated rings. The van der Waals surface area contributed by atoms with E-state index in [1.165, 1.54) is 41.5 Å². The third-order valence-electron chi connectivity index (χ3n) is 3.77. The van der Waals surface area contributed by atoms with Crippen molar-refractivity contribution in [3.8, 4) is 10.8 Å². The minimum absolute atomic E-state index is 0.614. The minimum atomic E-state index is 0.614. The number of thiophene rings is 1. The van der Waals surface area contributed by atoms with Crippen LogP contribution in [0.1, 0.15) is 29.5 Å². The van der Waals surface area contributed by atoms with Gasteiger partial charge in [0.05, 0.1) is 16.1 Å². The lowest BCUT2D eigenvalue weighted by atomic mass is 9.90. The molecule has 1 aliphatic carbocycles. The molecule has 3 aromatic heterocycles. The summed E-state index contributed by atoms with van der Waals surface area (Å²) in [5, 5.41) is 11.0. The van der Waals surface area contributed by atoms with Crippen molar-refractivity contribution in [1.82, 2.24) is 15.2 Å². The summed E-state index contributed by atoms with van der Waals surface area (Å²) in [5.41, 5.74) is 4.36. The van der Waals surface area contributed by atoms with Gasteiger partial charge in [0.1, 0.15) is 0 Å². The molecule has 7 heteroatoms. The molecule has 4 nitrogen and oxygen atoms in total. The standard InChI is InChI=1S/C15H15N3OS3/c1-9-2-3-12-10(4-9)5-13(22-12)14-17-18-15(19-14)21-7-11-6-20-8-16-11/h5-6,8-9H,2-4,7H2,1H3/t9-/m1/s1. The van der Waals surface area contributed by atoms with Gasteiger partial charge >= 0.3 is 0 Å². The van der Waals surface area contributed by atoms with Gasteiger partial charge in [-0.3, -0.25) is 0 Å². The fourth-order valence-corrected chi connectivity index (χ4v) is 5.08. The van der Waals surface area contributed by atoms with Gasteiger partial charge in [0, 0.05) is 16.0 Å². The van der Waals surface area contributed by atoms with Crippen molar-refractivity contribution in [2.24, 2.45) is 5.92 Å².